The fourth-order valence-corrected chi connectivity index (χ4v) is 1.28. The van der Waals surface area contributed by atoms with E-state index in [9.17, 15) is 22.8 Å². The van der Waals surface area contributed by atoms with Gasteiger partial charge in [-0.1, -0.05) is 6.07 Å². The number of aromatic nitrogens is 1. The molecule has 0 aromatic carbocycles. The monoisotopic (exact) mass is 262 g/mol. The zero-order valence-electron chi connectivity index (χ0n) is 9.78. The van der Waals surface area contributed by atoms with Crippen molar-refractivity contribution < 1.29 is 18.0 Å². The molecule has 18 heavy (non-hydrogen) atoms. The number of alkyl halides is 3. The van der Waals surface area contributed by atoms with Crippen LogP contribution in [-0.4, -0.2) is 35.1 Å². The quantitative estimate of drug-likeness (QED) is 0.819. The summed E-state index contributed by atoms with van der Waals surface area (Å²) in [6, 6.07) is 4.38. The summed E-state index contributed by atoms with van der Waals surface area (Å²) >= 11 is 0. The zero-order chi connectivity index (χ0) is 13.8. The Kier molecular flexibility index (Phi) is 4.52. The smallest absolute Gasteiger partial charge is 0.344 e. The van der Waals surface area contributed by atoms with Crippen molar-refractivity contribution in [3.8, 4) is 0 Å². The molecule has 0 fully saturated rings. The van der Waals surface area contributed by atoms with Crippen LogP contribution in [0.4, 0.5) is 13.2 Å². The normalized spacial score (nSPS) is 11.3. The highest BCUT2D eigenvalue weighted by Crippen LogP contribution is 2.19. The highest BCUT2D eigenvalue weighted by atomic mass is 19.4. The molecule has 1 aromatic rings. The van der Waals surface area contributed by atoms with Gasteiger partial charge in [0.1, 0.15) is 6.54 Å². The van der Waals surface area contributed by atoms with Crippen molar-refractivity contribution in [2.45, 2.75) is 19.1 Å². The van der Waals surface area contributed by atoms with Crippen molar-refractivity contribution in [2.24, 2.45) is 0 Å². The molecule has 1 rings (SSSR count). The van der Waals surface area contributed by atoms with Crippen LogP contribution in [0, 0.1) is 0 Å². The van der Waals surface area contributed by atoms with E-state index in [2.05, 4.69) is 0 Å². The summed E-state index contributed by atoms with van der Waals surface area (Å²) in [5.41, 5.74) is -0.366. The number of halogens is 3. The van der Waals surface area contributed by atoms with Gasteiger partial charge in [-0.2, -0.15) is 13.2 Å². The number of pyridine rings is 1. The van der Waals surface area contributed by atoms with Crippen LogP contribution in [0.3, 0.4) is 0 Å². The summed E-state index contributed by atoms with van der Waals surface area (Å²) in [5.74, 6) is -0.535. The van der Waals surface area contributed by atoms with Crippen LogP contribution in [0.2, 0.25) is 0 Å². The molecule has 0 N–H and O–H groups in total. The highest BCUT2D eigenvalue weighted by molar-refractivity contribution is 5.75. The maximum absolute atomic E-state index is 12.0. The van der Waals surface area contributed by atoms with Gasteiger partial charge >= 0.3 is 6.18 Å². The fourth-order valence-electron chi connectivity index (χ4n) is 1.28. The van der Waals surface area contributed by atoms with Gasteiger partial charge in [0.25, 0.3) is 5.56 Å². The lowest BCUT2D eigenvalue weighted by Gasteiger charge is -2.18. The Hall–Kier alpha value is -1.79. The first-order chi connectivity index (χ1) is 8.29. The molecule has 4 nitrogen and oxygen atoms in total. The van der Waals surface area contributed by atoms with Crippen LogP contribution in [0.5, 0.6) is 0 Å². The number of rotatable bonds is 4. The summed E-state index contributed by atoms with van der Waals surface area (Å²) in [4.78, 5) is 23.9. The third-order valence-electron chi connectivity index (χ3n) is 2.36. The first-order valence-corrected chi connectivity index (χ1v) is 5.26. The summed E-state index contributed by atoms with van der Waals surface area (Å²) in [6.45, 7) is -0.669. The third kappa shape index (κ3) is 4.60. The Balaban J connectivity index is 2.56. The number of hydrogen-bond acceptors (Lipinski definition) is 2. The third-order valence-corrected chi connectivity index (χ3v) is 2.36. The molecule has 0 atom stereocenters. The molecular weight excluding hydrogens is 249 g/mol. The Bertz CT molecular complexity index is 468. The molecule has 0 saturated heterocycles. The van der Waals surface area contributed by atoms with E-state index in [-0.39, 0.29) is 12.1 Å². The fraction of sp³-hybridized carbons (Fsp3) is 0.455. The first-order valence-electron chi connectivity index (χ1n) is 5.26. The molecule has 0 radical (unpaired) electrons. The van der Waals surface area contributed by atoms with Crippen molar-refractivity contribution in [3.05, 3.63) is 34.7 Å². The lowest BCUT2D eigenvalue weighted by Crippen LogP contribution is -2.35. The standard InChI is InChI=1S/C11H13F3N2O2/c1-15(7-5-11(12,13)14)10(18)8-16-6-3-2-4-9(16)17/h2-4,6H,5,7-8H2,1H3. The van der Waals surface area contributed by atoms with Gasteiger partial charge in [-0.3, -0.25) is 9.59 Å². The first kappa shape index (κ1) is 14.3. The molecule has 0 spiro atoms. The summed E-state index contributed by atoms with van der Waals surface area (Å²) in [7, 11) is 1.28. The van der Waals surface area contributed by atoms with Gasteiger partial charge < -0.3 is 9.47 Å². The number of likely N-dealkylation sites (N-methyl/N-ethyl adjacent to an activating group) is 1. The molecule has 7 heteroatoms. The molecule has 0 aliphatic heterocycles. The summed E-state index contributed by atoms with van der Waals surface area (Å²) in [5, 5.41) is 0. The minimum atomic E-state index is -4.29. The molecule has 0 saturated carbocycles. The average Bonchev–Trinajstić information content (AvgIpc) is 2.28. The zero-order valence-corrected chi connectivity index (χ0v) is 9.78. The van der Waals surface area contributed by atoms with Crippen molar-refractivity contribution in [1.82, 2.24) is 9.47 Å². The lowest BCUT2D eigenvalue weighted by atomic mass is 10.3. The van der Waals surface area contributed by atoms with E-state index in [1.165, 1.54) is 25.4 Å². The van der Waals surface area contributed by atoms with E-state index >= 15 is 0 Å². The van der Waals surface area contributed by atoms with Crippen molar-refractivity contribution in [3.63, 3.8) is 0 Å². The Morgan fingerprint density at radius 3 is 2.61 bits per heavy atom. The molecule has 0 aliphatic rings. The number of amides is 1. The van der Waals surface area contributed by atoms with Gasteiger partial charge in [-0.05, 0) is 6.07 Å². The molecule has 1 amide bonds. The SMILES string of the molecule is CN(CCC(F)(F)F)C(=O)Cn1ccccc1=O. The summed E-state index contributed by atoms with van der Waals surface area (Å²) < 4.78 is 37.1. The Morgan fingerprint density at radius 1 is 1.39 bits per heavy atom. The Morgan fingerprint density at radius 2 is 2.06 bits per heavy atom. The van der Waals surface area contributed by atoms with E-state index in [0.29, 0.717) is 0 Å². The minimum Gasteiger partial charge on any atom is -0.344 e. The number of hydrogen-bond donors (Lipinski definition) is 0. The van der Waals surface area contributed by atoms with Crippen LogP contribution in [0.1, 0.15) is 6.42 Å². The maximum Gasteiger partial charge on any atom is 0.390 e. The topological polar surface area (TPSA) is 42.3 Å². The second-order valence-electron chi connectivity index (χ2n) is 3.85. The van der Waals surface area contributed by atoms with Crippen LogP contribution < -0.4 is 5.56 Å². The van der Waals surface area contributed by atoms with Crippen molar-refractivity contribution in [1.29, 1.82) is 0 Å². The second-order valence-corrected chi connectivity index (χ2v) is 3.85. The minimum absolute atomic E-state index is 0.256. The lowest BCUT2D eigenvalue weighted by molar-refractivity contribution is -0.144. The molecule has 0 unspecified atom stereocenters. The van der Waals surface area contributed by atoms with Crippen LogP contribution in [0.15, 0.2) is 29.2 Å². The van der Waals surface area contributed by atoms with Gasteiger partial charge in [-0.25, -0.2) is 0 Å². The number of carbonyl (C=O) groups is 1. The van der Waals surface area contributed by atoms with Crippen molar-refractivity contribution >= 4 is 5.91 Å². The molecule has 1 aromatic heterocycles. The predicted octanol–water partition coefficient (Wildman–Crippen LogP) is 1.26. The van der Waals surface area contributed by atoms with Gasteiger partial charge in [0, 0.05) is 25.9 Å². The largest absolute Gasteiger partial charge is 0.390 e. The van der Waals surface area contributed by atoms with E-state index < -0.39 is 25.0 Å². The van der Waals surface area contributed by atoms with Crippen molar-refractivity contribution in [2.75, 3.05) is 13.6 Å². The molecule has 1 heterocycles. The van der Waals surface area contributed by atoms with E-state index in [4.69, 9.17) is 0 Å². The highest BCUT2D eigenvalue weighted by Gasteiger charge is 2.28. The van der Waals surface area contributed by atoms with Crippen LogP contribution in [-0.2, 0) is 11.3 Å². The maximum atomic E-state index is 12.0. The molecule has 0 aliphatic carbocycles. The predicted molar refractivity (Wildman–Crippen MR) is 59.0 cm³/mol. The van der Waals surface area contributed by atoms with Gasteiger partial charge in [0.15, 0.2) is 0 Å². The average molecular weight is 262 g/mol. The van der Waals surface area contributed by atoms with E-state index in [1.54, 1.807) is 6.07 Å². The molecular formula is C11H13F3N2O2. The Labute approximate surface area is 102 Å². The van der Waals surface area contributed by atoms with Gasteiger partial charge in [0.05, 0.1) is 6.42 Å². The van der Waals surface area contributed by atoms with E-state index in [1.807, 2.05) is 0 Å². The van der Waals surface area contributed by atoms with Crippen LogP contribution >= 0.6 is 0 Å². The second kappa shape index (κ2) is 5.70. The van der Waals surface area contributed by atoms with Crippen LogP contribution in [0.25, 0.3) is 0 Å². The number of nitrogens with zero attached hydrogens (tertiary/aromatic N) is 2. The molecule has 0 bridgehead atoms. The van der Waals surface area contributed by atoms with E-state index in [0.717, 1.165) is 9.47 Å². The number of carbonyl (C=O) groups excluding carboxylic acids is 1. The summed E-state index contributed by atoms with van der Waals surface area (Å²) in [6.07, 6.45) is -3.94. The molecule has 100 valence electrons. The van der Waals surface area contributed by atoms with Gasteiger partial charge in [0.2, 0.25) is 5.91 Å². The van der Waals surface area contributed by atoms with Gasteiger partial charge in [-0.15, -0.1) is 0 Å².